The van der Waals surface area contributed by atoms with Crippen LogP contribution in [0.1, 0.15) is 24.5 Å². The summed E-state index contributed by atoms with van der Waals surface area (Å²) in [4.78, 5) is 0.0452. The van der Waals surface area contributed by atoms with Crippen LogP contribution in [0, 0.1) is 5.82 Å². The van der Waals surface area contributed by atoms with E-state index in [1.165, 1.54) is 58.9 Å². The molecule has 4 rings (SSSR count). The maximum atomic E-state index is 13.7. The first-order chi connectivity index (χ1) is 16.4. The number of alkyl halides is 3. The van der Waals surface area contributed by atoms with Crippen molar-refractivity contribution in [3.8, 4) is 0 Å². The summed E-state index contributed by atoms with van der Waals surface area (Å²) in [6.07, 6.45) is -3.33. The third-order valence-corrected chi connectivity index (χ3v) is 7.77. The largest absolute Gasteiger partial charge is 0.416 e. The lowest BCUT2D eigenvalue weighted by molar-refractivity contribution is -0.137. The lowest BCUT2D eigenvalue weighted by Crippen LogP contribution is -2.42. The minimum absolute atomic E-state index is 0.0422. The Morgan fingerprint density at radius 3 is 2.37 bits per heavy atom. The highest BCUT2D eigenvalue weighted by Gasteiger charge is 2.34. The topological polar surface area (TPSA) is 61.4 Å². The minimum Gasteiger partial charge on any atom is -0.332 e. The van der Waals surface area contributed by atoms with Crippen LogP contribution in [0.2, 0.25) is 0 Å². The highest BCUT2D eigenvalue weighted by atomic mass is 32.2. The van der Waals surface area contributed by atoms with Gasteiger partial charge in [0.2, 0.25) is 0 Å². The van der Waals surface area contributed by atoms with Gasteiger partial charge in [0.15, 0.2) is 5.11 Å². The van der Waals surface area contributed by atoms with Crippen LogP contribution in [0.15, 0.2) is 71.6 Å². The van der Waals surface area contributed by atoms with Crippen molar-refractivity contribution in [3.05, 3.63) is 83.7 Å². The van der Waals surface area contributed by atoms with Gasteiger partial charge in [0, 0.05) is 17.4 Å². The minimum atomic E-state index is -4.48. The van der Waals surface area contributed by atoms with Gasteiger partial charge in [-0.1, -0.05) is 6.07 Å². The Kier molecular flexibility index (Phi) is 6.74. The summed E-state index contributed by atoms with van der Waals surface area (Å²) in [5, 5.41) is 5.55. The van der Waals surface area contributed by atoms with E-state index in [2.05, 4.69) is 10.6 Å². The fraction of sp³-hybridized carbons (Fsp3) is 0.208. The smallest absolute Gasteiger partial charge is 0.332 e. The van der Waals surface area contributed by atoms with E-state index in [1.807, 2.05) is 0 Å². The Morgan fingerprint density at radius 2 is 1.69 bits per heavy atom. The van der Waals surface area contributed by atoms with E-state index in [0.29, 0.717) is 29.8 Å². The van der Waals surface area contributed by atoms with Crippen molar-refractivity contribution in [2.75, 3.05) is 14.9 Å². The van der Waals surface area contributed by atoms with Crippen LogP contribution in [0.25, 0.3) is 0 Å². The molecule has 3 aromatic carbocycles. The molecule has 11 heteroatoms. The average molecular weight is 524 g/mol. The van der Waals surface area contributed by atoms with Gasteiger partial charge in [-0.2, -0.15) is 13.2 Å². The van der Waals surface area contributed by atoms with Gasteiger partial charge in [-0.3, -0.25) is 4.31 Å². The first kappa shape index (κ1) is 24.9. The van der Waals surface area contributed by atoms with Crippen LogP contribution in [0.3, 0.4) is 0 Å². The number of aryl methyl sites for hydroxylation is 1. The lowest BCUT2D eigenvalue weighted by Gasteiger charge is -2.36. The summed E-state index contributed by atoms with van der Waals surface area (Å²) in [5.74, 6) is -0.416. The number of halogens is 4. The summed E-state index contributed by atoms with van der Waals surface area (Å²) in [7, 11) is -3.92. The zero-order valence-electron chi connectivity index (χ0n) is 18.4. The number of hydrogen-bond donors (Lipinski definition) is 2. The number of anilines is 3. The Morgan fingerprint density at radius 1 is 1.00 bits per heavy atom. The number of thiocarbonyl (C=S) groups is 1. The molecule has 0 aliphatic carbocycles. The fourth-order valence-electron chi connectivity index (χ4n) is 3.95. The van der Waals surface area contributed by atoms with Crippen LogP contribution < -0.4 is 14.9 Å². The van der Waals surface area contributed by atoms with Crippen molar-refractivity contribution in [2.24, 2.45) is 0 Å². The molecule has 184 valence electrons. The molecule has 3 aromatic rings. The predicted octanol–water partition coefficient (Wildman–Crippen LogP) is 6.18. The van der Waals surface area contributed by atoms with E-state index < -0.39 is 27.6 Å². The summed E-state index contributed by atoms with van der Waals surface area (Å²) in [6, 6.07) is 14.2. The standard InChI is InChI=1S/C24H21F4N3O2S2/c1-15-5-6-16-13-18(25)7-12-22(16)31(15)35(32,33)21-10-8-19(9-11-21)29-23(34)30-20-4-2-3-17(14-20)24(26,27)28/h2-4,7-15H,5-6H2,1H3,(H2,29,30,34)/t15-/m1/s1. The Hall–Kier alpha value is -3.18. The number of hydrogen-bond acceptors (Lipinski definition) is 3. The van der Waals surface area contributed by atoms with Crippen molar-refractivity contribution >= 4 is 44.4 Å². The maximum absolute atomic E-state index is 13.7. The second-order valence-corrected chi connectivity index (χ2v) is 10.4. The predicted molar refractivity (Wildman–Crippen MR) is 132 cm³/mol. The molecule has 0 amide bonds. The van der Waals surface area contributed by atoms with Crippen LogP contribution in [0.4, 0.5) is 34.6 Å². The van der Waals surface area contributed by atoms with Crippen LogP contribution in [-0.4, -0.2) is 19.6 Å². The van der Waals surface area contributed by atoms with Crippen molar-refractivity contribution in [3.63, 3.8) is 0 Å². The summed E-state index contributed by atoms with van der Waals surface area (Å²) >= 11 is 5.17. The highest BCUT2D eigenvalue weighted by Crippen LogP contribution is 2.36. The first-order valence-electron chi connectivity index (χ1n) is 10.6. The molecule has 0 radical (unpaired) electrons. The number of benzene rings is 3. The summed E-state index contributed by atoms with van der Waals surface area (Å²) in [6.45, 7) is 1.80. The van der Waals surface area contributed by atoms with Crippen molar-refractivity contribution in [1.82, 2.24) is 0 Å². The lowest BCUT2D eigenvalue weighted by atomic mass is 9.99. The van der Waals surface area contributed by atoms with Crippen molar-refractivity contribution in [2.45, 2.75) is 36.9 Å². The van der Waals surface area contributed by atoms with Gasteiger partial charge in [0.05, 0.1) is 16.1 Å². The molecule has 1 heterocycles. The van der Waals surface area contributed by atoms with Gasteiger partial charge in [0.25, 0.3) is 10.0 Å². The molecule has 0 unspecified atom stereocenters. The normalized spacial score (nSPS) is 15.9. The molecular weight excluding hydrogens is 502 g/mol. The van der Waals surface area contributed by atoms with Gasteiger partial charge in [-0.25, -0.2) is 12.8 Å². The van der Waals surface area contributed by atoms with Gasteiger partial charge in [-0.15, -0.1) is 0 Å². The number of fused-ring (bicyclic) bond motifs is 1. The van der Waals surface area contributed by atoms with Crippen molar-refractivity contribution < 1.29 is 26.0 Å². The van der Waals surface area contributed by atoms with E-state index >= 15 is 0 Å². The number of rotatable bonds is 4. The molecule has 0 fully saturated rings. The molecule has 0 bridgehead atoms. The zero-order chi connectivity index (χ0) is 25.4. The van der Waals surface area contributed by atoms with E-state index in [-0.39, 0.29) is 21.7 Å². The molecule has 1 aliphatic rings. The zero-order valence-corrected chi connectivity index (χ0v) is 20.1. The SMILES string of the molecule is C[C@@H]1CCc2cc(F)ccc2N1S(=O)(=O)c1ccc(NC(=S)Nc2cccc(C(F)(F)F)c2)cc1. The number of nitrogens with one attached hydrogen (secondary N) is 2. The molecule has 0 spiro atoms. The molecule has 0 aromatic heterocycles. The molecule has 1 aliphatic heterocycles. The Bertz CT molecular complexity index is 1360. The second kappa shape index (κ2) is 9.46. The Labute approximate surface area is 205 Å². The van der Waals surface area contributed by atoms with Crippen molar-refractivity contribution in [1.29, 1.82) is 0 Å². The fourth-order valence-corrected chi connectivity index (χ4v) is 5.90. The summed E-state index contributed by atoms with van der Waals surface area (Å²) in [5.41, 5.74) is 0.888. The van der Waals surface area contributed by atoms with E-state index in [4.69, 9.17) is 12.2 Å². The van der Waals surface area contributed by atoms with Crippen LogP contribution in [-0.2, 0) is 22.6 Å². The maximum Gasteiger partial charge on any atom is 0.416 e. The molecule has 0 saturated carbocycles. The quantitative estimate of drug-likeness (QED) is 0.316. The van der Waals surface area contributed by atoms with E-state index in [9.17, 15) is 26.0 Å². The third-order valence-electron chi connectivity index (χ3n) is 5.63. The van der Waals surface area contributed by atoms with Gasteiger partial charge in [-0.05, 0) is 98.2 Å². The molecule has 0 saturated heterocycles. The van der Waals surface area contributed by atoms with Crippen LogP contribution >= 0.6 is 12.2 Å². The van der Waals surface area contributed by atoms with E-state index in [0.717, 1.165) is 12.1 Å². The monoisotopic (exact) mass is 523 g/mol. The van der Waals surface area contributed by atoms with Gasteiger partial charge < -0.3 is 10.6 Å². The number of sulfonamides is 1. The molecule has 1 atom stereocenters. The highest BCUT2D eigenvalue weighted by molar-refractivity contribution is 7.92. The van der Waals surface area contributed by atoms with Gasteiger partial charge >= 0.3 is 6.18 Å². The average Bonchev–Trinajstić information content (AvgIpc) is 2.79. The second-order valence-electron chi connectivity index (χ2n) is 8.14. The molecule has 35 heavy (non-hydrogen) atoms. The first-order valence-corrected chi connectivity index (χ1v) is 12.5. The summed E-state index contributed by atoms with van der Waals surface area (Å²) < 4.78 is 80.5. The van der Waals surface area contributed by atoms with E-state index in [1.54, 1.807) is 6.92 Å². The Balaban J connectivity index is 1.50. The third kappa shape index (κ3) is 5.40. The number of nitrogens with zero attached hydrogens (tertiary/aromatic N) is 1. The molecule has 2 N–H and O–H groups in total. The molecule has 5 nitrogen and oxygen atoms in total. The molecular formula is C24H21F4N3O2S2. The van der Waals surface area contributed by atoms with Crippen LogP contribution in [0.5, 0.6) is 0 Å². The van der Waals surface area contributed by atoms with Gasteiger partial charge in [0.1, 0.15) is 5.82 Å².